The van der Waals surface area contributed by atoms with Crippen molar-refractivity contribution >= 4 is 11.5 Å². The molecule has 0 atom stereocenters. The van der Waals surface area contributed by atoms with Gasteiger partial charge in [-0.25, -0.2) is 9.97 Å². The zero-order valence-corrected chi connectivity index (χ0v) is 15.8. The molecule has 3 aliphatic rings. The molecule has 2 aromatic rings. The first kappa shape index (κ1) is 17.6. The minimum atomic E-state index is 0.223. The molecule has 7 nitrogen and oxygen atoms in total. The van der Waals surface area contributed by atoms with Gasteiger partial charge >= 0.3 is 0 Å². The zero-order valence-electron chi connectivity index (χ0n) is 15.8. The molecule has 1 aromatic heterocycles. The number of aromatic nitrogens is 2. The molecule has 0 saturated carbocycles. The second-order valence-electron chi connectivity index (χ2n) is 7.27. The van der Waals surface area contributed by atoms with Crippen molar-refractivity contribution in [2.75, 3.05) is 44.4 Å². The lowest BCUT2D eigenvalue weighted by molar-refractivity contribution is 0.0255. The Kier molecular flexibility index (Phi) is 4.93. The smallest absolute Gasteiger partial charge is 0.132 e. The van der Waals surface area contributed by atoms with Gasteiger partial charge in [0.15, 0.2) is 0 Å². The number of hydrogen-bond donors (Lipinski definition) is 0. The summed E-state index contributed by atoms with van der Waals surface area (Å²) in [5, 5.41) is 0. The summed E-state index contributed by atoms with van der Waals surface area (Å²) < 4.78 is 17.1. The Morgan fingerprint density at radius 1 is 0.964 bits per heavy atom. The van der Waals surface area contributed by atoms with E-state index in [9.17, 15) is 0 Å². The number of morpholine rings is 1. The van der Waals surface area contributed by atoms with Crippen molar-refractivity contribution in [1.29, 1.82) is 0 Å². The molecule has 2 saturated heterocycles. The maximum absolute atomic E-state index is 6.19. The molecule has 0 radical (unpaired) electrons. The topological polar surface area (TPSA) is 69.1 Å². The van der Waals surface area contributed by atoms with Crippen molar-refractivity contribution < 1.29 is 14.2 Å². The van der Waals surface area contributed by atoms with Crippen molar-refractivity contribution in [2.45, 2.75) is 25.5 Å². The Labute approximate surface area is 164 Å². The van der Waals surface area contributed by atoms with E-state index in [4.69, 9.17) is 19.2 Å². The van der Waals surface area contributed by atoms with Crippen LogP contribution in [0.3, 0.4) is 0 Å². The Bertz CT molecular complexity index is 874. The molecule has 0 N–H and O–H groups in total. The summed E-state index contributed by atoms with van der Waals surface area (Å²) in [6.45, 7) is 5.39. The second kappa shape index (κ2) is 7.85. The first-order valence-corrected chi connectivity index (χ1v) is 9.94. The molecule has 7 heteroatoms. The van der Waals surface area contributed by atoms with Gasteiger partial charge in [0.25, 0.3) is 0 Å². The number of benzene rings is 1. The SMILES string of the molecule is c1nc(C2=NCc3ccc(OC4CCOCC4)cc32)cc(N2CCOCC2)n1. The van der Waals surface area contributed by atoms with Gasteiger partial charge in [-0.05, 0) is 17.7 Å². The van der Waals surface area contributed by atoms with E-state index < -0.39 is 0 Å². The van der Waals surface area contributed by atoms with Crippen LogP contribution in [0, 0.1) is 0 Å². The predicted molar refractivity (Wildman–Crippen MR) is 105 cm³/mol. The van der Waals surface area contributed by atoms with Crippen LogP contribution < -0.4 is 9.64 Å². The summed E-state index contributed by atoms with van der Waals surface area (Å²) in [7, 11) is 0. The van der Waals surface area contributed by atoms with E-state index in [2.05, 4.69) is 27.0 Å². The normalized spacial score (nSPS) is 20.0. The number of aliphatic imine (C=N–C) groups is 1. The highest BCUT2D eigenvalue weighted by molar-refractivity contribution is 6.14. The highest BCUT2D eigenvalue weighted by Crippen LogP contribution is 2.28. The second-order valence-corrected chi connectivity index (χ2v) is 7.27. The number of anilines is 1. The van der Waals surface area contributed by atoms with Crippen LogP contribution in [0.15, 0.2) is 35.6 Å². The molecule has 28 heavy (non-hydrogen) atoms. The van der Waals surface area contributed by atoms with E-state index >= 15 is 0 Å². The third kappa shape index (κ3) is 3.59. The highest BCUT2D eigenvalue weighted by Gasteiger charge is 2.22. The number of nitrogens with zero attached hydrogens (tertiary/aromatic N) is 4. The summed E-state index contributed by atoms with van der Waals surface area (Å²) in [5.74, 6) is 1.82. The van der Waals surface area contributed by atoms with Gasteiger partial charge in [-0.1, -0.05) is 6.07 Å². The molecule has 0 aliphatic carbocycles. The molecule has 3 aliphatic heterocycles. The maximum Gasteiger partial charge on any atom is 0.132 e. The van der Waals surface area contributed by atoms with Crippen molar-refractivity contribution in [1.82, 2.24) is 9.97 Å². The summed E-state index contributed by atoms with van der Waals surface area (Å²) in [5.41, 5.74) is 4.10. The van der Waals surface area contributed by atoms with Crippen LogP contribution in [0.4, 0.5) is 5.82 Å². The van der Waals surface area contributed by atoms with Gasteiger partial charge in [0.2, 0.25) is 0 Å². The van der Waals surface area contributed by atoms with Gasteiger partial charge in [0.1, 0.15) is 24.0 Å². The van der Waals surface area contributed by atoms with Gasteiger partial charge in [-0.15, -0.1) is 0 Å². The summed E-state index contributed by atoms with van der Waals surface area (Å²) in [4.78, 5) is 15.9. The lowest BCUT2D eigenvalue weighted by atomic mass is 10.0. The van der Waals surface area contributed by atoms with E-state index in [0.29, 0.717) is 6.54 Å². The summed E-state index contributed by atoms with van der Waals surface area (Å²) in [6, 6.07) is 8.30. The van der Waals surface area contributed by atoms with Crippen molar-refractivity contribution in [3.8, 4) is 5.75 Å². The standard InChI is InChI=1S/C21H24N4O3/c1-2-17(28-16-3-7-26-8-4-16)11-18-15(1)13-22-21(18)19-12-20(24-14-23-19)25-5-9-27-10-6-25/h1-2,11-12,14,16H,3-10,13H2. The van der Waals surface area contributed by atoms with Crippen LogP contribution in [0.1, 0.15) is 29.7 Å². The van der Waals surface area contributed by atoms with Crippen molar-refractivity contribution in [3.05, 3.63) is 47.4 Å². The number of fused-ring (bicyclic) bond motifs is 1. The summed E-state index contributed by atoms with van der Waals surface area (Å²) in [6.07, 6.45) is 3.73. The van der Waals surface area contributed by atoms with Crippen LogP contribution in [0.2, 0.25) is 0 Å². The summed E-state index contributed by atoms with van der Waals surface area (Å²) >= 11 is 0. The molecule has 0 amide bonds. The molecular formula is C21H24N4O3. The van der Waals surface area contributed by atoms with Gasteiger partial charge in [-0.3, -0.25) is 4.99 Å². The Balaban J connectivity index is 1.38. The monoisotopic (exact) mass is 380 g/mol. The van der Waals surface area contributed by atoms with Gasteiger partial charge < -0.3 is 19.1 Å². The average molecular weight is 380 g/mol. The van der Waals surface area contributed by atoms with Gasteiger partial charge in [0.05, 0.1) is 44.4 Å². The van der Waals surface area contributed by atoms with E-state index in [1.165, 1.54) is 5.56 Å². The van der Waals surface area contributed by atoms with Crippen LogP contribution in [-0.2, 0) is 16.0 Å². The average Bonchev–Trinajstić information content (AvgIpc) is 3.18. The Morgan fingerprint density at radius 2 is 1.79 bits per heavy atom. The van der Waals surface area contributed by atoms with Gasteiger partial charge in [-0.2, -0.15) is 0 Å². The Hall–Kier alpha value is -2.51. The highest BCUT2D eigenvalue weighted by atomic mass is 16.5. The largest absolute Gasteiger partial charge is 0.490 e. The van der Waals surface area contributed by atoms with Crippen LogP contribution >= 0.6 is 0 Å². The first-order chi connectivity index (χ1) is 13.9. The fourth-order valence-corrected chi connectivity index (χ4v) is 3.88. The van der Waals surface area contributed by atoms with E-state index in [-0.39, 0.29) is 6.10 Å². The molecule has 4 heterocycles. The molecule has 1 aromatic carbocycles. The van der Waals surface area contributed by atoms with Crippen LogP contribution in [0.25, 0.3) is 0 Å². The molecule has 5 rings (SSSR count). The molecule has 0 spiro atoms. The number of rotatable bonds is 4. The van der Waals surface area contributed by atoms with Gasteiger partial charge in [0, 0.05) is 37.6 Å². The van der Waals surface area contributed by atoms with E-state index in [1.807, 2.05) is 12.1 Å². The quantitative estimate of drug-likeness (QED) is 0.810. The van der Waals surface area contributed by atoms with Crippen molar-refractivity contribution in [2.24, 2.45) is 4.99 Å². The van der Waals surface area contributed by atoms with E-state index in [0.717, 1.165) is 80.9 Å². The molecule has 0 bridgehead atoms. The zero-order chi connectivity index (χ0) is 18.8. The minimum Gasteiger partial charge on any atom is -0.490 e. The lowest BCUT2D eigenvalue weighted by Gasteiger charge is -2.27. The molecule has 146 valence electrons. The fraction of sp³-hybridized carbons (Fsp3) is 0.476. The fourth-order valence-electron chi connectivity index (χ4n) is 3.88. The molecule has 2 fully saturated rings. The molecule has 0 unspecified atom stereocenters. The third-order valence-electron chi connectivity index (χ3n) is 5.45. The van der Waals surface area contributed by atoms with Crippen LogP contribution in [-0.4, -0.2) is 61.3 Å². The van der Waals surface area contributed by atoms with Crippen molar-refractivity contribution in [3.63, 3.8) is 0 Å². The Morgan fingerprint density at radius 3 is 2.64 bits per heavy atom. The predicted octanol–water partition coefficient (Wildman–Crippen LogP) is 2.22. The number of hydrogen-bond acceptors (Lipinski definition) is 7. The number of ether oxygens (including phenoxy) is 3. The third-order valence-corrected chi connectivity index (χ3v) is 5.45. The van der Waals surface area contributed by atoms with Crippen LogP contribution in [0.5, 0.6) is 5.75 Å². The molecular weight excluding hydrogens is 356 g/mol. The maximum atomic E-state index is 6.19. The van der Waals surface area contributed by atoms with E-state index in [1.54, 1.807) is 6.33 Å². The lowest BCUT2D eigenvalue weighted by Crippen LogP contribution is -2.36. The first-order valence-electron chi connectivity index (χ1n) is 9.94. The minimum absolute atomic E-state index is 0.223.